The molecule has 0 aliphatic carbocycles. The van der Waals surface area contributed by atoms with Crippen molar-refractivity contribution in [3.8, 4) is 5.75 Å². The van der Waals surface area contributed by atoms with Gasteiger partial charge >= 0.3 is 0 Å². The maximum atomic E-state index is 12.6. The van der Waals surface area contributed by atoms with Crippen molar-refractivity contribution in [1.29, 1.82) is 0 Å². The van der Waals surface area contributed by atoms with Gasteiger partial charge in [-0.15, -0.1) is 0 Å². The molecule has 0 atom stereocenters. The normalized spacial score (nSPS) is 10.9. The van der Waals surface area contributed by atoms with Crippen LogP contribution in [-0.4, -0.2) is 12.4 Å². The average Bonchev–Trinajstić information content (AvgIpc) is 2.84. The molecular formula is C17H13Cl2NO3. The van der Waals surface area contributed by atoms with Crippen LogP contribution in [0.3, 0.4) is 0 Å². The number of hydrogen-bond donors (Lipinski definition) is 1. The van der Waals surface area contributed by atoms with E-state index in [0.717, 1.165) is 0 Å². The number of rotatable bonds is 4. The second-order valence-electron chi connectivity index (χ2n) is 4.89. The number of ketones is 1. The van der Waals surface area contributed by atoms with Gasteiger partial charge in [0, 0.05) is 22.0 Å². The number of fused-ring (bicyclic) bond motifs is 1. The lowest BCUT2D eigenvalue weighted by Crippen LogP contribution is -2.03. The summed E-state index contributed by atoms with van der Waals surface area (Å²) < 4.78 is 11.1. The molecule has 0 saturated heterocycles. The van der Waals surface area contributed by atoms with Gasteiger partial charge < -0.3 is 14.9 Å². The molecular weight excluding hydrogens is 337 g/mol. The lowest BCUT2D eigenvalue weighted by Gasteiger charge is -2.02. The highest BCUT2D eigenvalue weighted by molar-refractivity contribution is 6.37. The second kappa shape index (κ2) is 6.14. The van der Waals surface area contributed by atoms with E-state index >= 15 is 0 Å². The Hall–Kier alpha value is -2.17. The molecule has 3 rings (SSSR count). The Morgan fingerprint density at radius 3 is 2.70 bits per heavy atom. The SMILES string of the molecule is CCOc1ccc2c(N)c(C(=O)c3ccc(Cl)cc3Cl)oc2c1. The Balaban J connectivity index is 2.08. The molecule has 0 bridgehead atoms. The molecule has 0 fully saturated rings. The van der Waals surface area contributed by atoms with Crippen molar-refractivity contribution in [3.63, 3.8) is 0 Å². The topological polar surface area (TPSA) is 65.5 Å². The molecule has 0 unspecified atom stereocenters. The van der Waals surface area contributed by atoms with Gasteiger partial charge in [-0.25, -0.2) is 0 Å². The maximum Gasteiger partial charge on any atom is 0.231 e. The van der Waals surface area contributed by atoms with Gasteiger partial charge in [0.2, 0.25) is 5.78 Å². The molecule has 4 nitrogen and oxygen atoms in total. The molecule has 0 radical (unpaired) electrons. The molecule has 118 valence electrons. The Morgan fingerprint density at radius 1 is 1.22 bits per heavy atom. The van der Waals surface area contributed by atoms with Crippen LogP contribution < -0.4 is 10.5 Å². The van der Waals surface area contributed by atoms with Gasteiger partial charge in [0.15, 0.2) is 5.76 Å². The van der Waals surface area contributed by atoms with E-state index in [4.69, 9.17) is 38.1 Å². The maximum absolute atomic E-state index is 12.6. The summed E-state index contributed by atoms with van der Waals surface area (Å²) in [5, 5.41) is 1.35. The number of benzene rings is 2. The molecule has 1 aromatic heterocycles. The fourth-order valence-corrected chi connectivity index (χ4v) is 2.81. The number of ether oxygens (including phenoxy) is 1. The first-order valence-corrected chi connectivity index (χ1v) is 7.71. The Labute approximate surface area is 142 Å². The largest absolute Gasteiger partial charge is 0.494 e. The molecule has 2 N–H and O–H groups in total. The van der Waals surface area contributed by atoms with Gasteiger partial charge in [0.25, 0.3) is 0 Å². The second-order valence-corrected chi connectivity index (χ2v) is 5.73. The van der Waals surface area contributed by atoms with Crippen LogP contribution in [-0.2, 0) is 0 Å². The third kappa shape index (κ3) is 2.87. The van der Waals surface area contributed by atoms with Crippen LogP contribution in [0.5, 0.6) is 5.75 Å². The third-order valence-corrected chi connectivity index (χ3v) is 3.94. The molecule has 0 saturated carbocycles. The molecule has 1 heterocycles. The van der Waals surface area contributed by atoms with Crippen LogP contribution in [0.4, 0.5) is 5.69 Å². The molecule has 23 heavy (non-hydrogen) atoms. The first-order valence-electron chi connectivity index (χ1n) is 6.95. The fraction of sp³-hybridized carbons (Fsp3) is 0.118. The van der Waals surface area contributed by atoms with E-state index in [1.165, 1.54) is 6.07 Å². The minimum atomic E-state index is -0.390. The van der Waals surface area contributed by atoms with Crippen molar-refractivity contribution in [3.05, 3.63) is 57.8 Å². The van der Waals surface area contributed by atoms with Gasteiger partial charge in [-0.1, -0.05) is 23.2 Å². The van der Waals surface area contributed by atoms with Crippen LogP contribution in [0.15, 0.2) is 40.8 Å². The molecule has 0 aliphatic heterocycles. The summed E-state index contributed by atoms with van der Waals surface area (Å²) in [7, 11) is 0. The van der Waals surface area contributed by atoms with E-state index in [1.54, 1.807) is 30.3 Å². The fourth-order valence-electron chi connectivity index (χ4n) is 2.32. The van der Waals surface area contributed by atoms with E-state index in [2.05, 4.69) is 0 Å². The average molecular weight is 350 g/mol. The van der Waals surface area contributed by atoms with Gasteiger partial charge in [-0.05, 0) is 37.3 Å². The molecule has 2 aromatic carbocycles. The summed E-state index contributed by atoms with van der Waals surface area (Å²) in [4.78, 5) is 12.6. The minimum Gasteiger partial charge on any atom is -0.494 e. The third-order valence-electron chi connectivity index (χ3n) is 3.39. The summed E-state index contributed by atoms with van der Waals surface area (Å²) in [6.07, 6.45) is 0. The molecule has 0 spiro atoms. The number of anilines is 1. The standard InChI is InChI=1S/C17H13Cl2NO3/c1-2-22-10-4-6-12-14(8-10)23-17(15(12)20)16(21)11-5-3-9(18)7-13(11)19/h3-8H,2,20H2,1H3. The number of furan rings is 1. The molecule has 6 heteroatoms. The lowest BCUT2D eigenvalue weighted by molar-refractivity contribution is 0.101. The van der Waals surface area contributed by atoms with E-state index in [1.807, 2.05) is 6.92 Å². The zero-order valence-corrected chi connectivity index (χ0v) is 13.7. The van der Waals surface area contributed by atoms with Gasteiger partial charge in [0.1, 0.15) is 11.3 Å². The van der Waals surface area contributed by atoms with Crippen molar-refractivity contribution in [1.82, 2.24) is 0 Å². The highest BCUT2D eigenvalue weighted by Crippen LogP contribution is 2.34. The highest BCUT2D eigenvalue weighted by Gasteiger charge is 2.22. The molecule has 3 aromatic rings. The van der Waals surface area contributed by atoms with Crippen molar-refractivity contribution in [2.24, 2.45) is 0 Å². The Morgan fingerprint density at radius 2 is 2.00 bits per heavy atom. The van der Waals surface area contributed by atoms with Gasteiger partial charge in [-0.2, -0.15) is 0 Å². The summed E-state index contributed by atoms with van der Waals surface area (Å²) in [6.45, 7) is 2.42. The number of nitrogens with two attached hydrogens (primary N) is 1. The van der Waals surface area contributed by atoms with Crippen LogP contribution >= 0.6 is 23.2 Å². The lowest BCUT2D eigenvalue weighted by atomic mass is 10.1. The van der Waals surface area contributed by atoms with Crippen LogP contribution in [0.1, 0.15) is 23.0 Å². The van der Waals surface area contributed by atoms with E-state index < -0.39 is 5.78 Å². The molecule has 0 aliphatic rings. The zero-order valence-electron chi connectivity index (χ0n) is 12.2. The monoisotopic (exact) mass is 349 g/mol. The first-order chi connectivity index (χ1) is 11.0. The smallest absolute Gasteiger partial charge is 0.231 e. The highest BCUT2D eigenvalue weighted by atomic mass is 35.5. The number of carbonyl (C=O) groups excluding carboxylic acids is 1. The van der Waals surface area contributed by atoms with Gasteiger partial charge in [-0.3, -0.25) is 4.79 Å². The first kappa shape index (κ1) is 15.7. The number of hydrogen-bond acceptors (Lipinski definition) is 4. The predicted molar refractivity (Wildman–Crippen MR) is 91.7 cm³/mol. The minimum absolute atomic E-state index is 0.0536. The van der Waals surface area contributed by atoms with Crippen LogP contribution in [0, 0.1) is 0 Å². The van der Waals surface area contributed by atoms with Crippen molar-refractivity contribution >= 4 is 45.6 Å². The number of carbonyl (C=O) groups is 1. The summed E-state index contributed by atoms with van der Waals surface area (Å²) in [6, 6.07) is 9.89. The zero-order chi connectivity index (χ0) is 16.6. The Bertz CT molecular complexity index is 902. The van der Waals surface area contributed by atoms with Crippen molar-refractivity contribution in [2.45, 2.75) is 6.92 Å². The summed E-state index contributed by atoms with van der Waals surface area (Å²) in [5.41, 5.74) is 7.11. The van der Waals surface area contributed by atoms with Crippen LogP contribution in [0.2, 0.25) is 10.0 Å². The Kier molecular flexibility index (Phi) is 4.20. The summed E-state index contributed by atoms with van der Waals surface area (Å²) in [5.74, 6) is 0.313. The quantitative estimate of drug-likeness (QED) is 0.676. The number of halogens is 2. The van der Waals surface area contributed by atoms with E-state index in [9.17, 15) is 4.79 Å². The van der Waals surface area contributed by atoms with Crippen molar-refractivity contribution < 1.29 is 13.9 Å². The van der Waals surface area contributed by atoms with Crippen molar-refractivity contribution in [2.75, 3.05) is 12.3 Å². The van der Waals surface area contributed by atoms with E-state index in [-0.39, 0.29) is 22.0 Å². The predicted octanol–water partition coefficient (Wildman–Crippen LogP) is 4.95. The summed E-state index contributed by atoms with van der Waals surface area (Å²) >= 11 is 11.9. The van der Waals surface area contributed by atoms with E-state index in [0.29, 0.717) is 28.3 Å². The molecule has 0 amide bonds. The van der Waals surface area contributed by atoms with Gasteiger partial charge in [0.05, 0.1) is 17.3 Å². The number of nitrogen functional groups attached to an aromatic ring is 1. The van der Waals surface area contributed by atoms with Crippen LogP contribution in [0.25, 0.3) is 11.0 Å².